The van der Waals surface area contributed by atoms with Crippen LogP contribution in [0.2, 0.25) is 0 Å². The number of aliphatic hydroxyl groups is 1. The average Bonchev–Trinajstić information content (AvgIpc) is 2.08. The SMILES string of the molecule is CC(C)(CO)C(CF)(CF)CF. The summed E-state index contributed by atoms with van der Waals surface area (Å²) in [5, 5.41) is 8.82. The van der Waals surface area contributed by atoms with E-state index in [4.69, 9.17) is 5.11 Å². The van der Waals surface area contributed by atoms with Crippen molar-refractivity contribution in [3.8, 4) is 0 Å². The first-order valence-electron chi connectivity index (χ1n) is 3.78. The molecule has 0 aromatic carbocycles. The predicted octanol–water partition coefficient (Wildman–Crippen LogP) is 1.90. The molecule has 0 heterocycles. The van der Waals surface area contributed by atoms with Crippen LogP contribution < -0.4 is 0 Å². The van der Waals surface area contributed by atoms with Crippen molar-refractivity contribution in [1.29, 1.82) is 0 Å². The monoisotopic (exact) mass is 184 g/mol. The second-order valence-electron chi connectivity index (χ2n) is 3.72. The molecule has 0 saturated carbocycles. The summed E-state index contributed by atoms with van der Waals surface area (Å²) in [6.07, 6.45) is 0. The van der Waals surface area contributed by atoms with Gasteiger partial charge in [0.15, 0.2) is 0 Å². The Kier molecular flexibility index (Phi) is 4.03. The van der Waals surface area contributed by atoms with Crippen LogP contribution >= 0.6 is 0 Å². The van der Waals surface area contributed by atoms with E-state index in [1.807, 2.05) is 0 Å². The second-order valence-corrected chi connectivity index (χ2v) is 3.72. The Hall–Kier alpha value is -0.250. The molecule has 1 N–H and O–H groups in total. The molecule has 0 atom stereocenters. The Morgan fingerprint density at radius 2 is 1.33 bits per heavy atom. The lowest BCUT2D eigenvalue weighted by Crippen LogP contribution is -2.46. The van der Waals surface area contributed by atoms with E-state index in [-0.39, 0.29) is 0 Å². The number of hydrogen-bond donors (Lipinski definition) is 1. The lowest BCUT2D eigenvalue weighted by molar-refractivity contribution is -0.0430. The minimum atomic E-state index is -1.68. The van der Waals surface area contributed by atoms with Crippen LogP contribution in [0.5, 0.6) is 0 Å². The zero-order valence-electron chi connectivity index (χ0n) is 7.41. The molecule has 0 aromatic rings. The molecule has 0 amide bonds. The fourth-order valence-electron chi connectivity index (χ4n) is 0.817. The smallest absolute Gasteiger partial charge is 0.101 e. The van der Waals surface area contributed by atoms with Crippen molar-refractivity contribution in [3.63, 3.8) is 0 Å². The summed E-state index contributed by atoms with van der Waals surface area (Å²) >= 11 is 0. The largest absolute Gasteiger partial charge is 0.396 e. The van der Waals surface area contributed by atoms with E-state index < -0.39 is 37.5 Å². The highest BCUT2D eigenvalue weighted by Crippen LogP contribution is 2.40. The average molecular weight is 184 g/mol. The molecule has 0 aliphatic rings. The second kappa shape index (κ2) is 4.12. The molecule has 0 aliphatic heterocycles. The lowest BCUT2D eigenvalue weighted by Gasteiger charge is -2.39. The highest BCUT2D eigenvalue weighted by atomic mass is 19.1. The van der Waals surface area contributed by atoms with Crippen molar-refractivity contribution in [1.82, 2.24) is 0 Å². The van der Waals surface area contributed by atoms with Crippen LogP contribution in [0.1, 0.15) is 13.8 Å². The highest BCUT2D eigenvalue weighted by molar-refractivity contribution is 4.91. The molecule has 0 bridgehead atoms. The zero-order chi connectivity index (χ0) is 9.83. The van der Waals surface area contributed by atoms with Crippen molar-refractivity contribution in [2.75, 3.05) is 26.6 Å². The normalized spacial score (nSPS) is 13.5. The molecular weight excluding hydrogens is 169 g/mol. The van der Waals surface area contributed by atoms with E-state index in [1.54, 1.807) is 0 Å². The third kappa shape index (κ3) is 1.73. The Balaban J connectivity index is 4.69. The van der Waals surface area contributed by atoms with Crippen molar-refractivity contribution >= 4 is 0 Å². The maximum Gasteiger partial charge on any atom is 0.101 e. The van der Waals surface area contributed by atoms with Gasteiger partial charge in [-0.1, -0.05) is 13.8 Å². The first-order valence-corrected chi connectivity index (χ1v) is 3.78. The fraction of sp³-hybridized carbons (Fsp3) is 1.00. The summed E-state index contributed by atoms with van der Waals surface area (Å²) in [6.45, 7) is -0.795. The number of rotatable bonds is 5. The van der Waals surface area contributed by atoms with Crippen molar-refractivity contribution in [2.24, 2.45) is 10.8 Å². The predicted molar refractivity (Wildman–Crippen MR) is 41.2 cm³/mol. The van der Waals surface area contributed by atoms with E-state index >= 15 is 0 Å². The van der Waals surface area contributed by atoms with Gasteiger partial charge in [-0.3, -0.25) is 13.2 Å². The van der Waals surface area contributed by atoms with E-state index in [1.165, 1.54) is 13.8 Å². The molecule has 12 heavy (non-hydrogen) atoms. The van der Waals surface area contributed by atoms with E-state index in [2.05, 4.69) is 0 Å². The fourth-order valence-corrected chi connectivity index (χ4v) is 0.817. The van der Waals surface area contributed by atoms with Gasteiger partial charge in [0, 0.05) is 12.0 Å². The molecule has 0 fully saturated rings. The van der Waals surface area contributed by atoms with Gasteiger partial charge >= 0.3 is 0 Å². The molecule has 74 valence electrons. The van der Waals surface area contributed by atoms with Gasteiger partial charge < -0.3 is 5.11 Å². The highest BCUT2D eigenvalue weighted by Gasteiger charge is 2.45. The molecule has 0 aromatic heterocycles. The van der Waals surface area contributed by atoms with E-state index in [9.17, 15) is 13.2 Å². The minimum absolute atomic E-state index is 0.426. The summed E-state index contributed by atoms with van der Waals surface area (Å²) in [7, 11) is 0. The topological polar surface area (TPSA) is 20.2 Å². The number of alkyl halides is 3. The maximum absolute atomic E-state index is 12.4. The van der Waals surface area contributed by atoms with Crippen LogP contribution in [-0.2, 0) is 0 Å². The van der Waals surface area contributed by atoms with Crippen LogP contribution in [0.4, 0.5) is 13.2 Å². The van der Waals surface area contributed by atoms with E-state index in [0.717, 1.165) is 0 Å². The number of aliphatic hydroxyl groups excluding tert-OH is 1. The van der Waals surface area contributed by atoms with Crippen molar-refractivity contribution in [2.45, 2.75) is 13.8 Å². The molecular formula is C8H15F3O. The molecule has 0 aliphatic carbocycles. The van der Waals surface area contributed by atoms with Crippen LogP contribution in [0.3, 0.4) is 0 Å². The van der Waals surface area contributed by atoms with Gasteiger partial charge in [0.2, 0.25) is 0 Å². The van der Waals surface area contributed by atoms with Crippen LogP contribution in [0.15, 0.2) is 0 Å². The van der Waals surface area contributed by atoms with Gasteiger partial charge in [-0.25, -0.2) is 0 Å². The van der Waals surface area contributed by atoms with Gasteiger partial charge in [-0.15, -0.1) is 0 Å². The molecule has 4 heteroatoms. The minimum Gasteiger partial charge on any atom is -0.396 e. The van der Waals surface area contributed by atoms with E-state index in [0.29, 0.717) is 0 Å². The van der Waals surface area contributed by atoms with Gasteiger partial charge in [0.1, 0.15) is 20.0 Å². The molecule has 0 spiro atoms. The number of halogens is 3. The third-order valence-electron chi connectivity index (χ3n) is 2.60. The van der Waals surface area contributed by atoms with Gasteiger partial charge in [0.05, 0.1) is 5.41 Å². The summed E-state index contributed by atoms with van der Waals surface area (Å²) in [5.74, 6) is 0. The van der Waals surface area contributed by atoms with Crippen LogP contribution in [0, 0.1) is 10.8 Å². The van der Waals surface area contributed by atoms with Crippen molar-refractivity contribution in [3.05, 3.63) is 0 Å². The Morgan fingerprint density at radius 3 is 1.42 bits per heavy atom. The van der Waals surface area contributed by atoms with Gasteiger partial charge in [-0.05, 0) is 0 Å². The molecule has 0 saturated heterocycles. The standard InChI is InChI=1S/C8H15F3O/c1-7(2,6-12)8(3-9,4-10)5-11/h12H,3-6H2,1-2H3. The summed E-state index contributed by atoms with van der Waals surface area (Å²) < 4.78 is 37.2. The van der Waals surface area contributed by atoms with Crippen LogP contribution in [-0.4, -0.2) is 31.7 Å². The van der Waals surface area contributed by atoms with Gasteiger partial charge in [0.25, 0.3) is 0 Å². The summed E-state index contributed by atoms with van der Waals surface area (Å²) in [5.41, 5.74) is -2.74. The Labute approximate surface area is 70.6 Å². The Morgan fingerprint density at radius 1 is 1.00 bits per heavy atom. The third-order valence-corrected chi connectivity index (χ3v) is 2.60. The Bertz CT molecular complexity index is 124. The first kappa shape index (κ1) is 11.8. The molecule has 0 unspecified atom stereocenters. The molecule has 1 nitrogen and oxygen atoms in total. The lowest BCUT2D eigenvalue weighted by atomic mass is 9.68. The summed E-state index contributed by atoms with van der Waals surface area (Å²) in [4.78, 5) is 0. The summed E-state index contributed by atoms with van der Waals surface area (Å²) in [6, 6.07) is 0. The maximum atomic E-state index is 12.4. The van der Waals surface area contributed by atoms with Crippen LogP contribution in [0.25, 0.3) is 0 Å². The van der Waals surface area contributed by atoms with Crippen molar-refractivity contribution < 1.29 is 18.3 Å². The molecule has 0 radical (unpaired) electrons. The first-order chi connectivity index (χ1) is 5.49. The van der Waals surface area contributed by atoms with Gasteiger partial charge in [-0.2, -0.15) is 0 Å². The quantitative estimate of drug-likeness (QED) is 0.691. The number of hydrogen-bond acceptors (Lipinski definition) is 1. The zero-order valence-corrected chi connectivity index (χ0v) is 7.41. The molecule has 0 rings (SSSR count).